The van der Waals surface area contributed by atoms with Crippen LogP contribution in [0.4, 0.5) is 0 Å². The van der Waals surface area contributed by atoms with Crippen molar-refractivity contribution in [3.05, 3.63) is 59.2 Å². The van der Waals surface area contributed by atoms with E-state index in [1.165, 1.54) is 42.5 Å². The minimum Gasteiger partial charge on any atom is -0.421 e. The van der Waals surface area contributed by atoms with Gasteiger partial charge in [0, 0.05) is 19.3 Å². The zero-order valence-electron chi connectivity index (χ0n) is 18.5. The first-order chi connectivity index (χ1) is 16.0. The third-order valence-electron chi connectivity index (χ3n) is 4.05. The second kappa shape index (κ2) is 11.5. The van der Waals surface area contributed by atoms with Gasteiger partial charge in [0.25, 0.3) is 0 Å². The summed E-state index contributed by atoms with van der Waals surface area (Å²) in [6.07, 6.45) is 2.96. The van der Waals surface area contributed by atoms with Crippen LogP contribution in [0.2, 0.25) is 0 Å². The van der Waals surface area contributed by atoms with E-state index in [9.17, 15) is 23.4 Å². The quantitative estimate of drug-likeness (QED) is 0.176. The van der Waals surface area contributed by atoms with Crippen molar-refractivity contribution in [2.45, 2.75) is 13.3 Å². The lowest BCUT2D eigenvalue weighted by Gasteiger charge is -2.15. The van der Waals surface area contributed by atoms with Gasteiger partial charge in [0.1, 0.15) is 5.75 Å². The monoisotopic (exact) mass is 551 g/mol. The highest BCUT2D eigenvalue weighted by atomic mass is 31.2. The molecule has 1 amide bonds. The number of amides is 1. The summed E-state index contributed by atoms with van der Waals surface area (Å²) in [5.74, 6) is -1.19. The van der Waals surface area contributed by atoms with Gasteiger partial charge in [-0.2, -0.15) is 0 Å². The predicted octanol–water partition coefficient (Wildman–Crippen LogP) is 2.50. The molecule has 0 fully saturated rings. The van der Waals surface area contributed by atoms with Crippen LogP contribution in [0.1, 0.15) is 16.7 Å². The maximum atomic E-state index is 12.1. The molecule has 0 radical (unpaired) electrons. The minimum absolute atomic E-state index is 0.0131. The molecule has 16 heteroatoms. The van der Waals surface area contributed by atoms with Crippen LogP contribution in [0.25, 0.3) is 6.08 Å². The number of phosphoric acid groups is 2. The molecule has 0 aliphatic rings. The Morgan fingerprint density at radius 1 is 0.886 bits per heavy atom. The molecule has 2 aromatic carbocycles. The zero-order valence-corrected chi connectivity index (χ0v) is 21.2. The van der Waals surface area contributed by atoms with Crippen LogP contribution in [0.3, 0.4) is 0 Å². The van der Waals surface area contributed by atoms with Gasteiger partial charge in [0.05, 0.1) is 0 Å². The van der Waals surface area contributed by atoms with E-state index in [1.807, 2.05) is 0 Å². The third-order valence-corrected chi connectivity index (χ3v) is 5.45. The van der Waals surface area contributed by atoms with Gasteiger partial charge in [-0.25, -0.2) is 13.7 Å². The van der Waals surface area contributed by atoms with E-state index >= 15 is 0 Å². The summed E-state index contributed by atoms with van der Waals surface area (Å²) < 4.78 is 47.5. The minimum atomic E-state index is -4.97. The molecule has 2 rings (SSSR count). The van der Waals surface area contributed by atoms with Gasteiger partial charge in [-0.05, 0) is 60.4 Å². The molecule has 0 saturated carbocycles. The highest BCUT2D eigenvalue weighted by Gasteiger charge is 2.23. The maximum absolute atomic E-state index is 12.1. The number of carbonyl (C=O) groups excluding carboxylic acids is 1. The van der Waals surface area contributed by atoms with Crippen LogP contribution in [0.15, 0.2) is 42.5 Å². The normalized spacial score (nSPS) is 13.8. The van der Waals surface area contributed by atoms with E-state index in [0.717, 1.165) is 6.66 Å². The lowest BCUT2D eigenvalue weighted by atomic mass is 10.1. The molecule has 6 N–H and O–H groups in total. The van der Waals surface area contributed by atoms with E-state index < -0.39 is 34.9 Å². The van der Waals surface area contributed by atoms with Crippen molar-refractivity contribution in [2.75, 3.05) is 13.2 Å². The number of benzene rings is 2. The number of aryl methyl sites for hydroxylation is 1. The Hall–Kier alpha value is -2.46. The Kier molecular flexibility index (Phi) is 9.47. The summed E-state index contributed by atoms with van der Waals surface area (Å²) in [4.78, 5) is 57.3. The molecule has 1 unspecified atom stereocenters. The molecular formula is C19H24NO12P3. The molecule has 0 heterocycles. The summed E-state index contributed by atoms with van der Waals surface area (Å²) in [7, 11) is -13.7. The number of hydrogen-bond donors (Lipinski definition) is 6. The lowest BCUT2D eigenvalue weighted by molar-refractivity contribution is -0.116. The topological polar surface area (TPSA) is 209 Å². The summed E-state index contributed by atoms with van der Waals surface area (Å²) >= 11 is 0. The second-order valence-electron chi connectivity index (χ2n) is 7.24. The molecule has 0 aliphatic carbocycles. The summed E-state index contributed by atoms with van der Waals surface area (Å²) in [5, 5.41) is 2.62. The molecule has 35 heavy (non-hydrogen) atoms. The molecule has 0 spiro atoms. The van der Waals surface area contributed by atoms with E-state index in [2.05, 4.69) is 14.4 Å². The Morgan fingerprint density at radius 2 is 1.49 bits per heavy atom. The average Bonchev–Trinajstić information content (AvgIpc) is 2.67. The number of hydrogen-bond acceptors (Lipinski definition) is 7. The van der Waals surface area contributed by atoms with Gasteiger partial charge < -0.3 is 23.8 Å². The molecule has 0 saturated heterocycles. The summed E-state index contributed by atoms with van der Waals surface area (Å²) in [6, 6.07) is 8.36. The van der Waals surface area contributed by atoms with Crippen LogP contribution in [-0.4, -0.2) is 43.6 Å². The maximum Gasteiger partial charge on any atom is 0.524 e. The smallest absolute Gasteiger partial charge is 0.421 e. The second-order valence-corrected chi connectivity index (χ2v) is 11.4. The fourth-order valence-corrected chi connectivity index (χ4v) is 4.11. The third kappa shape index (κ3) is 11.2. The van der Waals surface area contributed by atoms with Crippen LogP contribution < -0.4 is 18.9 Å². The fraction of sp³-hybridized carbons (Fsp3) is 0.211. The van der Waals surface area contributed by atoms with Crippen LogP contribution in [0.5, 0.6) is 17.2 Å². The van der Waals surface area contributed by atoms with E-state index in [4.69, 9.17) is 24.1 Å². The molecule has 0 aliphatic heterocycles. The van der Waals surface area contributed by atoms with Crippen LogP contribution in [-0.2, 0) is 24.9 Å². The number of rotatable bonds is 11. The molecule has 1 atom stereocenters. The molecular weight excluding hydrogens is 527 g/mol. The first kappa shape index (κ1) is 28.8. The highest BCUT2D eigenvalue weighted by molar-refractivity contribution is 7.52. The molecule has 0 bridgehead atoms. The highest BCUT2D eigenvalue weighted by Crippen LogP contribution is 2.47. The number of nitrogens with one attached hydrogen (secondary N) is 1. The Morgan fingerprint density at radius 3 is 2.06 bits per heavy atom. The number of carbonyl (C=O) groups is 1. The van der Waals surface area contributed by atoms with Gasteiger partial charge in [0.15, 0.2) is 11.5 Å². The SMILES string of the molecule is Cc1cc(/C=C/C(=O)NCCc2ccc(OP(C)(=O)O)c(OP(=O)(O)O)c2)ccc1OP(=O)(O)O. The summed E-state index contributed by atoms with van der Waals surface area (Å²) in [5.41, 5.74) is 1.53. The van der Waals surface area contributed by atoms with E-state index in [1.54, 1.807) is 13.0 Å². The van der Waals surface area contributed by atoms with E-state index in [0.29, 0.717) is 16.7 Å². The largest absolute Gasteiger partial charge is 0.524 e. The van der Waals surface area contributed by atoms with Crippen molar-refractivity contribution < 1.29 is 56.5 Å². The van der Waals surface area contributed by atoms with Crippen molar-refractivity contribution in [3.63, 3.8) is 0 Å². The molecule has 13 nitrogen and oxygen atoms in total. The van der Waals surface area contributed by atoms with Crippen LogP contribution in [0, 0.1) is 6.92 Å². The van der Waals surface area contributed by atoms with Gasteiger partial charge in [-0.15, -0.1) is 0 Å². The van der Waals surface area contributed by atoms with Crippen LogP contribution >= 0.6 is 23.2 Å². The lowest BCUT2D eigenvalue weighted by Crippen LogP contribution is -2.23. The van der Waals surface area contributed by atoms with Gasteiger partial charge in [-0.3, -0.25) is 24.4 Å². The standard InChI is InChI=1S/C19H24NO12P3/c1-13-11-14(3-6-16(13)31-34(24,25)26)5-8-19(21)20-10-9-15-4-7-17(30-33(2,22)23)18(12-15)32-35(27,28)29/h3-8,11-12H,9-10H2,1-2H3,(H,20,21)(H,22,23)(H2,24,25,26)(H2,27,28,29)/b8-5+. The van der Waals surface area contributed by atoms with Crippen molar-refractivity contribution in [3.8, 4) is 17.2 Å². The van der Waals surface area contributed by atoms with Gasteiger partial charge in [0.2, 0.25) is 5.91 Å². The summed E-state index contributed by atoms with van der Waals surface area (Å²) in [6.45, 7) is 2.62. The Bertz CT molecular complexity index is 1240. The molecule has 2 aromatic rings. The average molecular weight is 551 g/mol. The van der Waals surface area contributed by atoms with Gasteiger partial charge in [-0.1, -0.05) is 12.1 Å². The molecule has 192 valence electrons. The zero-order chi connectivity index (χ0) is 26.4. The fourth-order valence-electron chi connectivity index (χ4n) is 2.73. The Balaban J connectivity index is 1.99. The predicted molar refractivity (Wildman–Crippen MR) is 125 cm³/mol. The molecule has 0 aromatic heterocycles. The van der Waals surface area contributed by atoms with Crippen molar-refractivity contribution in [1.82, 2.24) is 5.32 Å². The first-order valence-electron chi connectivity index (χ1n) is 9.70. The van der Waals surface area contributed by atoms with Crippen molar-refractivity contribution in [1.29, 1.82) is 0 Å². The first-order valence-corrected chi connectivity index (χ1v) is 14.8. The number of phosphoric ester groups is 2. The Labute approximate surface area is 200 Å². The van der Waals surface area contributed by atoms with Crippen molar-refractivity contribution >= 4 is 35.2 Å². The van der Waals surface area contributed by atoms with E-state index in [-0.39, 0.29) is 24.5 Å². The van der Waals surface area contributed by atoms with Gasteiger partial charge >= 0.3 is 23.2 Å². The van der Waals surface area contributed by atoms with Crippen molar-refractivity contribution in [2.24, 2.45) is 0 Å².